The average Bonchev–Trinajstić information content (AvgIpc) is 4.01. The standard InChI is InChI=1S/C57H37N5S/c1-4-14-36(15-5-1)55-58-56(37-16-6-2-7-17-37)60-57(59-55)40-25-29-46-47-30-27-42(35-54(47)63-53(46)34-40)62-50-23-13-11-21-44(50)48-32-38(26-31-51(48)62)39-24-28-45-43-20-10-12-22-49(43)61(52(45)33-39)41-18-8-3-9-19-41/h1-35,55H,(H,58,59,60). The third-order valence-corrected chi connectivity index (χ3v) is 13.7. The van der Waals surface area contributed by atoms with E-state index in [1.54, 1.807) is 0 Å². The summed E-state index contributed by atoms with van der Waals surface area (Å²) in [7, 11) is 0. The second kappa shape index (κ2) is 14.3. The summed E-state index contributed by atoms with van der Waals surface area (Å²) in [5.41, 5.74) is 12.6. The van der Waals surface area contributed by atoms with Gasteiger partial charge < -0.3 is 14.5 Å². The van der Waals surface area contributed by atoms with Gasteiger partial charge in [-0.25, -0.2) is 9.98 Å². The highest BCUT2D eigenvalue weighted by molar-refractivity contribution is 7.25. The van der Waals surface area contributed by atoms with E-state index in [1.807, 2.05) is 35.6 Å². The van der Waals surface area contributed by atoms with Gasteiger partial charge in [-0.05, 0) is 77.4 Å². The van der Waals surface area contributed by atoms with Crippen LogP contribution < -0.4 is 5.32 Å². The molecule has 3 aromatic heterocycles. The minimum absolute atomic E-state index is 0.242. The Kier molecular flexibility index (Phi) is 8.08. The molecule has 296 valence electrons. The Morgan fingerprint density at radius 1 is 0.381 bits per heavy atom. The molecule has 9 aromatic carbocycles. The van der Waals surface area contributed by atoms with Crippen LogP contribution in [0.3, 0.4) is 0 Å². The molecule has 1 N–H and O–H groups in total. The fourth-order valence-corrected chi connectivity index (χ4v) is 10.8. The number of hydrogen-bond donors (Lipinski definition) is 1. The quantitative estimate of drug-likeness (QED) is 0.178. The summed E-state index contributed by atoms with van der Waals surface area (Å²) in [6.07, 6.45) is -0.242. The molecule has 5 nitrogen and oxygen atoms in total. The van der Waals surface area contributed by atoms with Crippen LogP contribution >= 0.6 is 11.3 Å². The summed E-state index contributed by atoms with van der Waals surface area (Å²) >= 11 is 1.83. The van der Waals surface area contributed by atoms with Crippen LogP contribution in [0.2, 0.25) is 0 Å². The van der Waals surface area contributed by atoms with E-state index in [-0.39, 0.29) is 6.17 Å². The van der Waals surface area contributed by atoms with E-state index in [1.165, 1.54) is 74.9 Å². The third kappa shape index (κ3) is 5.83. The Labute approximate surface area is 367 Å². The molecule has 0 fully saturated rings. The first-order valence-corrected chi connectivity index (χ1v) is 22.2. The Hall–Kier alpha value is -8.06. The molecule has 0 saturated heterocycles. The van der Waals surface area contributed by atoms with Gasteiger partial charge >= 0.3 is 0 Å². The predicted octanol–water partition coefficient (Wildman–Crippen LogP) is 14.4. The molecule has 0 radical (unpaired) electrons. The molecule has 63 heavy (non-hydrogen) atoms. The monoisotopic (exact) mass is 823 g/mol. The van der Waals surface area contributed by atoms with E-state index in [9.17, 15) is 0 Å². The van der Waals surface area contributed by atoms with E-state index in [4.69, 9.17) is 9.98 Å². The summed E-state index contributed by atoms with van der Waals surface area (Å²) in [4.78, 5) is 10.1. The Morgan fingerprint density at radius 3 is 1.71 bits per heavy atom. The lowest BCUT2D eigenvalue weighted by molar-refractivity contribution is 0.674. The summed E-state index contributed by atoms with van der Waals surface area (Å²) < 4.78 is 7.29. The van der Waals surface area contributed by atoms with Crippen LogP contribution in [0.15, 0.2) is 222 Å². The predicted molar refractivity (Wildman–Crippen MR) is 265 cm³/mol. The van der Waals surface area contributed by atoms with Crippen molar-refractivity contribution in [2.45, 2.75) is 6.17 Å². The summed E-state index contributed by atoms with van der Waals surface area (Å²) in [6, 6.07) is 76.3. The molecule has 0 bridgehead atoms. The van der Waals surface area contributed by atoms with Crippen molar-refractivity contribution >= 4 is 86.8 Å². The first kappa shape index (κ1) is 35.7. The molecule has 0 amide bonds. The second-order valence-corrected chi connectivity index (χ2v) is 17.3. The zero-order valence-corrected chi connectivity index (χ0v) is 34.8. The van der Waals surface area contributed by atoms with Gasteiger partial charge in [-0.3, -0.25) is 0 Å². The molecule has 0 spiro atoms. The summed E-state index contributed by atoms with van der Waals surface area (Å²) in [5, 5.41) is 11.1. The number of hydrogen-bond acceptors (Lipinski definition) is 4. The van der Waals surface area contributed by atoms with E-state index in [2.05, 4.69) is 203 Å². The van der Waals surface area contributed by atoms with Crippen molar-refractivity contribution in [2.75, 3.05) is 0 Å². The first-order valence-electron chi connectivity index (χ1n) is 21.3. The van der Waals surface area contributed by atoms with E-state index in [0.717, 1.165) is 39.7 Å². The molecule has 1 atom stereocenters. The molecule has 0 saturated carbocycles. The maximum atomic E-state index is 5.08. The van der Waals surface area contributed by atoms with Crippen molar-refractivity contribution in [3.63, 3.8) is 0 Å². The minimum Gasteiger partial charge on any atom is -0.344 e. The van der Waals surface area contributed by atoms with Crippen molar-refractivity contribution in [3.8, 4) is 22.5 Å². The van der Waals surface area contributed by atoms with Crippen molar-refractivity contribution < 1.29 is 0 Å². The molecular formula is C57H37N5S. The molecule has 1 aliphatic rings. The van der Waals surface area contributed by atoms with Gasteiger partial charge in [0.15, 0.2) is 5.84 Å². The average molecular weight is 824 g/mol. The number of thiophene rings is 1. The van der Waals surface area contributed by atoms with Gasteiger partial charge in [0.05, 0.1) is 22.1 Å². The van der Waals surface area contributed by atoms with Crippen LogP contribution in [-0.2, 0) is 0 Å². The third-order valence-electron chi connectivity index (χ3n) is 12.6. The number of nitrogens with one attached hydrogen (secondary N) is 1. The van der Waals surface area contributed by atoms with Crippen LogP contribution in [0, 0.1) is 0 Å². The maximum absolute atomic E-state index is 5.08. The lowest BCUT2D eigenvalue weighted by Crippen LogP contribution is -2.33. The Morgan fingerprint density at radius 2 is 0.937 bits per heavy atom. The Balaban J connectivity index is 0.899. The fourth-order valence-electron chi connectivity index (χ4n) is 9.61. The van der Waals surface area contributed by atoms with Crippen LogP contribution in [0.25, 0.3) is 86.3 Å². The van der Waals surface area contributed by atoms with Crippen molar-refractivity contribution in [1.82, 2.24) is 14.5 Å². The lowest BCUT2D eigenvalue weighted by atomic mass is 10.0. The molecule has 0 aliphatic carbocycles. The number of rotatable bonds is 6. The molecule has 1 unspecified atom stereocenters. The molecule has 4 heterocycles. The molecule has 6 heteroatoms. The fraction of sp³-hybridized carbons (Fsp3) is 0.0175. The zero-order chi connectivity index (χ0) is 41.4. The lowest BCUT2D eigenvalue weighted by Gasteiger charge is -2.23. The van der Waals surface area contributed by atoms with Gasteiger partial charge in [0.2, 0.25) is 0 Å². The normalized spacial score (nSPS) is 14.2. The number of fused-ring (bicyclic) bond motifs is 9. The molecular weight excluding hydrogens is 787 g/mol. The van der Waals surface area contributed by atoms with Crippen molar-refractivity contribution in [3.05, 3.63) is 229 Å². The first-order chi connectivity index (χ1) is 31.2. The molecule has 12 aromatic rings. The summed E-state index contributed by atoms with van der Waals surface area (Å²) in [5.74, 6) is 1.55. The number of benzene rings is 9. The van der Waals surface area contributed by atoms with Crippen LogP contribution in [0.4, 0.5) is 0 Å². The highest BCUT2D eigenvalue weighted by atomic mass is 32.1. The van der Waals surface area contributed by atoms with Gasteiger partial charge in [-0.15, -0.1) is 11.3 Å². The number of aliphatic imine (C=N–C) groups is 2. The van der Waals surface area contributed by atoms with E-state index >= 15 is 0 Å². The highest BCUT2D eigenvalue weighted by Crippen LogP contribution is 2.41. The summed E-state index contributed by atoms with van der Waals surface area (Å²) in [6.45, 7) is 0. The zero-order valence-electron chi connectivity index (χ0n) is 34.0. The minimum atomic E-state index is -0.242. The number of para-hydroxylation sites is 3. The molecule has 13 rings (SSSR count). The molecule has 1 aliphatic heterocycles. The SMILES string of the molecule is c1ccc(C2=NC(c3ccccc3)NC(c3ccc4c(c3)sc3cc(-n5c6ccccc6c6cc(-c7ccc8c9ccccc9n(-c9ccccc9)c8c7)ccc65)ccc34)=N2)cc1. The van der Waals surface area contributed by atoms with E-state index < -0.39 is 0 Å². The van der Waals surface area contributed by atoms with Gasteiger partial charge in [0.25, 0.3) is 0 Å². The van der Waals surface area contributed by atoms with Gasteiger partial charge in [0, 0.05) is 64.2 Å². The van der Waals surface area contributed by atoms with Gasteiger partial charge in [0.1, 0.15) is 12.0 Å². The van der Waals surface area contributed by atoms with Gasteiger partial charge in [-0.1, -0.05) is 152 Å². The van der Waals surface area contributed by atoms with Crippen LogP contribution in [-0.4, -0.2) is 20.8 Å². The second-order valence-electron chi connectivity index (χ2n) is 16.2. The number of aromatic nitrogens is 2. The maximum Gasteiger partial charge on any atom is 0.159 e. The topological polar surface area (TPSA) is 46.6 Å². The van der Waals surface area contributed by atoms with Crippen molar-refractivity contribution in [1.29, 1.82) is 0 Å². The van der Waals surface area contributed by atoms with Crippen LogP contribution in [0.5, 0.6) is 0 Å². The largest absolute Gasteiger partial charge is 0.344 e. The van der Waals surface area contributed by atoms with Crippen LogP contribution in [0.1, 0.15) is 22.9 Å². The number of nitrogens with zero attached hydrogens (tertiary/aromatic N) is 4. The van der Waals surface area contributed by atoms with Gasteiger partial charge in [-0.2, -0.15) is 0 Å². The number of amidine groups is 2. The highest BCUT2D eigenvalue weighted by Gasteiger charge is 2.22. The van der Waals surface area contributed by atoms with E-state index in [0.29, 0.717) is 0 Å². The smallest absolute Gasteiger partial charge is 0.159 e. The Bertz CT molecular complexity index is 3820. The van der Waals surface area contributed by atoms with Crippen molar-refractivity contribution in [2.24, 2.45) is 9.98 Å².